The Hall–Kier alpha value is -0.660. The third-order valence-corrected chi connectivity index (χ3v) is 3.86. The van der Waals surface area contributed by atoms with Crippen LogP contribution < -0.4 is 4.72 Å². The van der Waals surface area contributed by atoms with Gasteiger partial charge < -0.3 is 5.11 Å². The Bertz CT molecular complexity index is 332. The molecule has 0 aromatic carbocycles. The maximum absolute atomic E-state index is 11.8. The van der Waals surface area contributed by atoms with Crippen LogP contribution in [0.25, 0.3) is 0 Å². The second-order valence-electron chi connectivity index (χ2n) is 4.39. The van der Waals surface area contributed by atoms with E-state index < -0.39 is 21.7 Å². The van der Waals surface area contributed by atoms with Crippen molar-refractivity contribution in [2.45, 2.75) is 39.7 Å². The maximum atomic E-state index is 11.8. The minimum Gasteiger partial charge on any atom is -0.481 e. The summed E-state index contributed by atoms with van der Waals surface area (Å²) in [5, 5.41) is 8.58. The number of nitrogens with zero attached hydrogens (tertiary/aromatic N) is 1. The molecule has 0 rings (SSSR count). The number of hydrogen-bond donors (Lipinski definition) is 2. The Morgan fingerprint density at radius 1 is 1.38 bits per heavy atom. The number of aliphatic carboxylic acids is 1. The molecule has 0 aromatic heterocycles. The van der Waals surface area contributed by atoms with E-state index in [1.54, 1.807) is 27.7 Å². The van der Waals surface area contributed by atoms with E-state index in [1.807, 2.05) is 0 Å². The first-order valence-corrected chi connectivity index (χ1v) is 6.54. The molecule has 0 atom stereocenters. The van der Waals surface area contributed by atoms with Gasteiger partial charge in [0.2, 0.25) is 0 Å². The molecule has 0 aliphatic carbocycles. The molecule has 0 aromatic rings. The highest BCUT2D eigenvalue weighted by molar-refractivity contribution is 7.87. The Kier molecular flexibility index (Phi) is 5.37. The molecule has 0 aliphatic rings. The SMILES string of the molecule is CCNS(=O)(=O)N(CCC(=O)O)C(C)(C)C. The average molecular weight is 252 g/mol. The molecule has 0 aliphatic heterocycles. The topological polar surface area (TPSA) is 86.7 Å². The van der Waals surface area contributed by atoms with Crippen molar-refractivity contribution in [2.75, 3.05) is 13.1 Å². The van der Waals surface area contributed by atoms with Gasteiger partial charge in [0.1, 0.15) is 0 Å². The molecule has 0 unspecified atom stereocenters. The molecule has 0 spiro atoms. The predicted octanol–water partition coefficient (Wildman–Crippen LogP) is 0.416. The van der Waals surface area contributed by atoms with Gasteiger partial charge in [0.25, 0.3) is 10.2 Å². The molecule has 0 bridgehead atoms. The van der Waals surface area contributed by atoms with E-state index in [2.05, 4.69) is 4.72 Å². The van der Waals surface area contributed by atoms with Crippen molar-refractivity contribution in [3.63, 3.8) is 0 Å². The van der Waals surface area contributed by atoms with Crippen LogP contribution in [-0.4, -0.2) is 42.4 Å². The quantitative estimate of drug-likeness (QED) is 0.717. The zero-order chi connectivity index (χ0) is 13.0. The van der Waals surface area contributed by atoms with Gasteiger partial charge in [-0.15, -0.1) is 0 Å². The molecule has 96 valence electrons. The molecule has 0 saturated carbocycles. The molecular formula is C9H20N2O4S. The largest absolute Gasteiger partial charge is 0.481 e. The molecule has 0 fully saturated rings. The molecule has 2 N–H and O–H groups in total. The van der Waals surface area contributed by atoms with Gasteiger partial charge in [-0.05, 0) is 20.8 Å². The lowest BCUT2D eigenvalue weighted by Gasteiger charge is -2.33. The summed E-state index contributed by atoms with van der Waals surface area (Å²) in [6.07, 6.45) is -0.206. The van der Waals surface area contributed by atoms with Crippen molar-refractivity contribution in [1.29, 1.82) is 0 Å². The minimum absolute atomic E-state index is 0.0336. The van der Waals surface area contributed by atoms with Crippen LogP contribution in [0, 0.1) is 0 Å². The lowest BCUT2D eigenvalue weighted by Crippen LogP contribution is -2.51. The van der Waals surface area contributed by atoms with E-state index in [-0.39, 0.29) is 19.5 Å². The Labute approximate surface area is 96.8 Å². The monoisotopic (exact) mass is 252 g/mol. The minimum atomic E-state index is -3.61. The van der Waals surface area contributed by atoms with Gasteiger partial charge in [0, 0.05) is 18.6 Å². The smallest absolute Gasteiger partial charge is 0.304 e. The van der Waals surface area contributed by atoms with Gasteiger partial charge in [-0.2, -0.15) is 12.7 Å². The molecule has 0 amide bonds. The zero-order valence-corrected chi connectivity index (χ0v) is 11.0. The van der Waals surface area contributed by atoms with Gasteiger partial charge >= 0.3 is 5.97 Å². The Morgan fingerprint density at radius 2 is 1.88 bits per heavy atom. The van der Waals surface area contributed by atoms with E-state index in [0.717, 1.165) is 4.31 Å². The zero-order valence-electron chi connectivity index (χ0n) is 10.1. The summed E-state index contributed by atoms with van der Waals surface area (Å²) < 4.78 is 27.1. The van der Waals surface area contributed by atoms with Crippen LogP contribution in [0.2, 0.25) is 0 Å². The summed E-state index contributed by atoms with van der Waals surface area (Å²) in [4.78, 5) is 10.5. The van der Waals surface area contributed by atoms with Crippen LogP contribution in [0.1, 0.15) is 34.1 Å². The van der Waals surface area contributed by atoms with Crippen LogP contribution in [0.15, 0.2) is 0 Å². The van der Waals surface area contributed by atoms with Crippen LogP contribution >= 0.6 is 0 Å². The molecule has 0 saturated heterocycles. The molecule has 0 heterocycles. The van der Waals surface area contributed by atoms with Crippen LogP contribution in [0.3, 0.4) is 0 Å². The van der Waals surface area contributed by atoms with E-state index in [0.29, 0.717) is 0 Å². The highest BCUT2D eigenvalue weighted by Gasteiger charge is 2.32. The number of nitrogens with one attached hydrogen (secondary N) is 1. The molecule has 7 heteroatoms. The first-order chi connectivity index (χ1) is 7.11. The number of carboxylic acid groups (broad SMARTS) is 1. The van der Waals surface area contributed by atoms with Gasteiger partial charge in [0.05, 0.1) is 6.42 Å². The second kappa shape index (κ2) is 5.60. The summed E-state index contributed by atoms with van der Waals surface area (Å²) in [5.41, 5.74) is -0.642. The van der Waals surface area contributed by atoms with Gasteiger partial charge in [-0.25, -0.2) is 4.72 Å². The lowest BCUT2D eigenvalue weighted by molar-refractivity contribution is -0.137. The fourth-order valence-electron chi connectivity index (χ4n) is 1.27. The van der Waals surface area contributed by atoms with E-state index in [4.69, 9.17) is 5.11 Å². The van der Waals surface area contributed by atoms with E-state index in [9.17, 15) is 13.2 Å². The Balaban J connectivity index is 4.89. The lowest BCUT2D eigenvalue weighted by atomic mass is 10.1. The van der Waals surface area contributed by atoms with Crippen LogP contribution in [0.4, 0.5) is 0 Å². The summed E-state index contributed by atoms with van der Waals surface area (Å²) >= 11 is 0. The van der Waals surface area contributed by atoms with Crippen molar-refractivity contribution < 1.29 is 18.3 Å². The highest BCUT2D eigenvalue weighted by atomic mass is 32.2. The Morgan fingerprint density at radius 3 is 2.19 bits per heavy atom. The first kappa shape index (κ1) is 15.3. The summed E-state index contributed by atoms with van der Waals surface area (Å²) in [7, 11) is -3.61. The molecule has 0 radical (unpaired) electrons. The van der Waals surface area contributed by atoms with Gasteiger partial charge in [-0.3, -0.25) is 4.79 Å². The standard InChI is InChI=1S/C9H20N2O4S/c1-5-10-16(14,15)11(9(2,3)4)7-6-8(12)13/h10H,5-7H2,1-4H3,(H,12,13). The van der Waals surface area contributed by atoms with Crippen molar-refractivity contribution >= 4 is 16.2 Å². The summed E-state index contributed by atoms with van der Waals surface area (Å²) in [6.45, 7) is 7.10. The van der Waals surface area contributed by atoms with Crippen molar-refractivity contribution in [3.8, 4) is 0 Å². The summed E-state index contributed by atoms with van der Waals surface area (Å²) in [5.74, 6) is -1.01. The molecule has 6 nitrogen and oxygen atoms in total. The van der Waals surface area contributed by atoms with Crippen LogP contribution in [-0.2, 0) is 15.0 Å². The second-order valence-corrected chi connectivity index (χ2v) is 6.07. The molecule has 16 heavy (non-hydrogen) atoms. The van der Waals surface area contributed by atoms with Crippen molar-refractivity contribution in [1.82, 2.24) is 9.03 Å². The third-order valence-electron chi connectivity index (χ3n) is 1.89. The highest BCUT2D eigenvalue weighted by Crippen LogP contribution is 2.17. The fraction of sp³-hybridized carbons (Fsp3) is 0.889. The van der Waals surface area contributed by atoms with Crippen molar-refractivity contribution in [3.05, 3.63) is 0 Å². The predicted molar refractivity (Wildman–Crippen MR) is 61.3 cm³/mol. The van der Waals surface area contributed by atoms with Crippen LogP contribution in [0.5, 0.6) is 0 Å². The number of carboxylic acids is 1. The number of hydrogen-bond acceptors (Lipinski definition) is 3. The van der Waals surface area contributed by atoms with E-state index >= 15 is 0 Å². The third kappa shape index (κ3) is 4.91. The van der Waals surface area contributed by atoms with Crippen molar-refractivity contribution in [2.24, 2.45) is 0 Å². The average Bonchev–Trinajstić information content (AvgIpc) is 1.99. The van der Waals surface area contributed by atoms with E-state index in [1.165, 1.54) is 0 Å². The summed E-state index contributed by atoms with van der Waals surface area (Å²) in [6, 6.07) is 0. The first-order valence-electron chi connectivity index (χ1n) is 5.10. The van der Waals surface area contributed by atoms with Gasteiger partial charge in [0.15, 0.2) is 0 Å². The molecular weight excluding hydrogens is 232 g/mol. The number of carbonyl (C=O) groups is 1. The fourth-order valence-corrected chi connectivity index (χ4v) is 2.85. The maximum Gasteiger partial charge on any atom is 0.304 e. The number of rotatable bonds is 6. The van der Waals surface area contributed by atoms with Gasteiger partial charge in [-0.1, -0.05) is 6.92 Å². The normalized spacial score (nSPS) is 13.1.